The lowest BCUT2D eigenvalue weighted by molar-refractivity contribution is -0.218. The van der Waals surface area contributed by atoms with E-state index in [9.17, 15) is 4.79 Å². The van der Waals surface area contributed by atoms with Crippen LogP contribution < -0.4 is 0 Å². The van der Waals surface area contributed by atoms with Gasteiger partial charge < -0.3 is 9.84 Å². The molecular weight excluding hydrogens is 168 g/mol. The van der Waals surface area contributed by atoms with Crippen molar-refractivity contribution in [3.05, 3.63) is 0 Å². The van der Waals surface area contributed by atoms with Crippen LogP contribution in [-0.4, -0.2) is 24.3 Å². The third-order valence-electron chi connectivity index (χ3n) is 4.05. The van der Waals surface area contributed by atoms with E-state index in [4.69, 9.17) is 9.84 Å². The fraction of sp³-hybridized carbons (Fsp3) is 0.900. The number of carboxylic acids is 1. The summed E-state index contributed by atoms with van der Waals surface area (Å²) in [5, 5.41) is 9.07. The molecule has 0 amide bonds. The van der Waals surface area contributed by atoms with E-state index in [0.29, 0.717) is 6.61 Å². The van der Waals surface area contributed by atoms with Gasteiger partial charge in [0.2, 0.25) is 0 Å². The number of hydrogen-bond donors (Lipinski definition) is 1. The molecule has 1 N–H and O–H groups in total. The van der Waals surface area contributed by atoms with E-state index in [-0.39, 0.29) is 5.41 Å². The summed E-state index contributed by atoms with van der Waals surface area (Å²) in [5.74, 6) is 0.128. The number of fused-ring (bicyclic) bond motifs is 2. The van der Waals surface area contributed by atoms with E-state index in [1.54, 1.807) is 0 Å². The Morgan fingerprint density at radius 3 is 2.54 bits per heavy atom. The van der Waals surface area contributed by atoms with Crippen molar-refractivity contribution in [2.45, 2.75) is 25.7 Å². The van der Waals surface area contributed by atoms with Gasteiger partial charge in [-0.05, 0) is 37.0 Å². The van der Waals surface area contributed by atoms with Crippen LogP contribution in [0.2, 0.25) is 0 Å². The van der Waals surface area contributed by atoms with Crippen LogP contribution in [0.5, 0.6) is 0 Å². The standard InChI is InChI=1S/C10H14O3/c11-8(12)10-3-9(4-10,5-13-6-10)7-1-2-7/h7H,1-6H2,(H,11,12). The van der Waals surface area contributed by atoms with E-state index in [2.05, 4.69) is 0 Å². The van der Waals surface area contributed by atoms with E-state index < -0.39 is 11.4 Å². The normalized spacial score (nSPS) is 48.3. The average Bonchev–Trinajstić information content (AvgIpc) is 2.85. The van der Waals surface area contributed by atoms with Gasteiger partial charge in [-0.2, -0.15) is 0 Å². The molecule has 0 aromatic heterocycles. The van der Waals surface area contributed by atoms with Crippen LogP contribution in [0.1, 0.15) is 25.7 Å². The lowest BCUT2D eigenvalue weighted by atomic mass is 9.50. The van der Waals surface area contributed by atoms with Gasteiger partial charge in [0.1, 0.15) is 0 Å². The fourth-order valence-electron chi connectivity index (χ4n) is 3.27. The highest BCUT2D eigenvalue weighted by Crippen LogP contribution is 2.66. The lowest BCUT2D eigenvalue weighted by Crippen LogP contribution is -2.61. The Kier molecular flexibility index (Phi) is 1.25. The van der Waals surface area contributed by atoms with Crippen LogP contribution >= 0.6 is 0 Å². The molecule has 3 nitrogen and oxygen atoms in total. The van der Waals surface area contributed by atoms with Gasteiger partial charge in [-0.3, -0.25) is 4.79 Å². The van der Waals surface area contributed by atoms with Crippen molar-refractivity contribution in [2.75, 3.05) is 13.2 Å². The van der Waals surface area contributed by atoms with Crippen LogP contribution in [0.3, 0.4) is 0 Å². The second-order valence-corrected chi connectivity index (χ2v) is 5.07. The molecular formula is C10H14O3. The van der Waals surface area contributed by atoms with Crippen LogP contribution in [-0.2, 0) is 9.53 Å². The van der Waals surface area contributed by atoms with Crippen LogP contribution in [0.4, 0.5) is 0 Å². The monoisotopic (exact) mass is 182 g/mol. The minimum absolute atomic E-state index is 0.274. The number of hydrogen-bond acceptors (Lipinski definition) is 2. The molecule has 0 atom stereocenters. The van der Waals surface area contributed by atoms with Gasteiger partial charge in [0, 0.05) is 0 Å². The highest BCUT2D eigenvalue weighted by molar-refractivity contribution is 5.77. The van der Waals surface area contributed by atoms with Crippen molar-refractivity contribution < 1.29 is 14.6 Å². The summed E-state index contributed by atoms with van der Waals surface area (Å²) in [6.45, 7) is 1.25. The minimum Gasteiger partial charge on any atom is -0.481 e. The molecule has 0 spiro atoms. The molecule has 2 aliphatic heterocycles. The maximum absolute atomic E-state index is 11.0. The minimum atomic E-state index is -0.650. The van der Waals surface area contributed by atoms with Gasteiger partial charge in [-0.1, -0.05) is 0 Å². The molecule has 0 aromatic carbocycles. The second kappa shape index (κ2) is 2.08. The van der Waals surface area contributed by atoms with Crippen LogP contribution in [0.15, 0.2) is 0 Å². The van der Waals surface area contributed by atoms with Gasteiger partial charge in [0.25, 0.3) is 0 Å². The summed E-state index contributed by atoms with van der Waals surface area (Å²) < 4.78 is 5.42. The van der Waals surface area contributed by atoms with Gasteiger partial charge in [-0.15, -0.1) is 0 Å². The lowest BCUT2D eigenvalue weighted by Gasteiger charge is -2.58. The molecule has 2 saturated carbocycles. The van der Waals surface area contributed by atoms with E-state index in [1.807, 2.05) is 0 Å². The molecule has 13 heavy (non-hydrogen) atoms. The first-order valence-electron chi connectivity index (χ1n) is 4.98. The number of ether oxygens (including phenoxy) is 1. The zero-order valence-electron chi connectivity index (χ0n) is 7.58. The van der Waals surface area contributed by atoms with E-state index in [1.165, 1.54) is 12.8 Å². The van der Waals surface area contributed by atoms with Gasteiger partial charge in [-0.25, -0.2) is 0 Å². The molecule has 4 rings (SSSR count). The smallest absolute Gasteiger partial charge is 0.312 e. The van der Waals surface area contributed by atoms with E-state index in [0.717, 1.165) is 25.4 Å². The van der Waals surface area contributed by atoms with Crippen molar-refractivity contribution in [1.82, 2.24) is 0 Å². The summed E-state index contributed by atoms with van der Waals surface area (Å²) in [7, 11) is 0. The summed E-state index contributed by atoms with van der Waals surface area (Å²) in [6.07, 6.45) is 4.33. The summed E-state index contributed by atoms with van der Waals surface area (Å²) >= 11 is 0. The highest BCUT2D eigenvalue weighted by Gasteiger charge is 2.66. The third kappa shape index (κ3) is 0.857. The Labute approximate surface area is 77.1 Å². The summed E-state index contributed by atoms with van der Waals surface area (Å²) in [4.78, 5) is 11.0. The maximum Gasteiger partial charge on any atom is 0.312 e. The quantitative estimate of drug-likeness (QED) is 0.699. The molecule has 2 saturated heterocycles. The Hall–Kier alpha value is -0.570. The third-order valence-corrected chi connectivity index (χ3v) is 4.05. The zero-order valence-corrected chi connectivity index (χ0v) is 7.58. The first kappa shape index (κ1) is 7.80. The van der Waals surface area contributed by atoms with Crippen molar-refractivity contribution in [3.8, 4) is 0 Å². The fourth-order valence-corrected chi connectivity index (χ4v) is 3.27. The molecule has 4 fully saturated rings. The molecule has 72 valence electrons. The second-order valence-electron chi connectivity index (χ2n) is 5.07. The Balaban J connectivity index is 1.82. The number of aliphatic carboxylic acids is 1. The predicted octanol–water partition coefficient (Wildman–Crippen LogP) is 1.28. The predicted molar refractivity (Wildman–Crippen MR) is 45.3 cm³/mol. The SMILES string of the molecule is O=C(O)C12COCC(C3CC3)(C1)C2. The molecule has 0 unspecified atom stereocenters. The van der Waals surface area contributed by atoms with Gasteiger partial charge in [0.15, 0.2) is 0 Å². The van der Waals surface area contributed by atoms with Crippen molar-refractivity contribution >= 4 is 5.97 Å². The Morgan fingerprint density at radius 1 is 1.31 bits per heavy atom. The zero-order chi connectivity index (χ0) is 9.10. The molecule has 3 heteroatoms. The van der Waals surface area contributed by atoms with Gasteiger partial charge in [0.05, 0.1) is 18.6 Å². The van der Waals surface area contributed by atoms with Crippen molar-refractivity contribution in [1.29, 1.82) is 0 Å². The number of rotatable bonds is 2. The van der Waals surface area contributed by atoms with Gasteiger partial charge >= 0.3 is 5.97 Å². The average molecular weight is 182 g/mol. The molecule has 2 heterocycles. The van der Waals surface area contributed by atoms with Crippen LogP contribution in [0.25, 0.3) is 0 Å². The topological polar surface area (TPSA) is 46.5 Å². The maximum atomic E-state index is 11.0. The summed E-state index contributed by atoms with van der Waals surface area (Å²) in [5.41, 5.74) is -0.225. The molecule has 0 aromatic rings. The van der Waals surface area contributed by atoms with Crippen molar-refractivity contribution in [3.63, 3.8) is 0 Å². The van der Waals surface area contributed by atoms with E-state index >= 15 is 0 Å². The Morgan fingerprint density at radius 2 is 2.00 bits per heavy atom. The van der Waals surface area contributed by atoms with Crippen molar-refractivity contribution in [2.24, 2.45) is 16.7 Å². The number of carboxylic acid groups (broad SMARTS) is 1. The molecule has 0 radical (unpaired) electrons. The molecule has 2 bridgehead atoms. The first-order chi connectivity index (χ1) is 6.17. The largest absolute Gasteiger partial charge is 0.481 e. The molecule has 4 aliphatic rings. The number of carbonyl (C=O) groups is 1. The molecule has 2 aliphatic carbocycles. The van der Waals surface area contributed by atoms with Crippen LogP contribution in [0, 0.1) is 16.7 Å². The summed E-state index contributed by atoms with van der Waals surface area (Å²) in [6, 6.07) is 0. The highest BCUT2D eigenvalue weighted by atomic mass is 16.5. The Bertz CT molecular complexity index is 261. The first-order valence-corrected chi connectivity index (χ1v) is 4.98.